The van der Waals surface area contributed by atoms with Crippen molar-refractivity contribution in [3.63, 3.8) is 0 Å². The lowest BCUT2D eigenvalue weighted by Gasteiger charge is -2.10. The molecule has 174 valence electrons. The lowest BCUT2D eigenvalue weighted by molar-refractivity contribution is 0.306. The number of benzene rings is 4. The summed E-state index contributed by atoms with van der Waals surface area (Å²) in [4.78, 5) is 18.0. The van der Waals surface area contributed by atoms with Gasteiger partial charge in [0.2, 0.25) is 0 Å². The Kier molecular flexibility index (Phi) is 6.57. The van der Waals surface area contributed by atoms with Crippen LogP contribution in [0.25, 0.3) is 22.3 Å². The maximum atomic E-state index is 13.3. The van der Waals surface area contributed by atoms with Crippen molar-refractivity contribution in [3.05, 3.63) is 129 Å². The summed E-state index contributed by atoms with van der Waals surface area (Å²) in [5.41, 5.74) is 3.13. The van der Waals surface area contributed by atoms with Crippen molar-refractivity contribution in [1.29, 1.82) is 5.26 Å². The molecule has 4 aromatic carbocycles. The third kappa shape index (κ3) is 4.74. The molecule has 0 unspecified atom stereocenters. The summed E-state index contributed by atoms with van der Waals surface area (Å²) in [6.07, 6.45) is 1.56. The number of para-hydroxylation sites is 1. The van der Waals surface area contributed by atoms with Crippen LogP contribution in [0.3, 0.4) is 0 Å². The molecule has 5 aromatic rings. The molecule has 0 saturated carbocycles. The maximum absolute atomic E-state index is 13.3. The predicted octanol–water partition coefficient (Wildman–Crippen LogP) is 6.05. The third-order valence-electron chi connectivity index (χ3n) is 5.58. The van der Waals surface area contributed by atoms with Gasteiger partial charge >= 0.3 is 0 Å². The minimum Gasteiger partial charge on any atom is -0.487 e. The second-order valence-electron chi connectivity index (χ2n) is 7.93. The van der Waals surface area contributed by atoms with Gasteiger partial charge in [-0.3, -0.25) is 4.79 Å². The van der Waals surface area contributed by atoms with Crippen molar-refractivity contribution in [2.75, 3.05) is 0 Å². The van der Waals surface area contributed by atoms with Crippen LogP contribution in [0.5, 0.6) is 5.75 Å². The number of nitrogens with zero attached hydrogens (tertiary/aromatic N) is 4. The molecule has 0 radical (unpaired) electrons. The highest BCUT2D eigenvalue weighted by Crippen LogP contribution is 2.26. The van der Waals surface area contributed by atoms with Gasteiger partial charge in [0.05, 0.1) is 33.8 Å². The number of ether oxygens (including phenoxy) is 1. The van der Waals surface area contributed by atoms with Crippen molar-refractivity contribution in [1.82, 2.24) is 9.66 Å². The third-order valence-corrected chi connectivity index (χ3v) is 5.88. The van der Waals surface area contributed by atoms with Gasteiger partial charge in [0.25, 0.3) is 5.56 Å². The van der Waals surface area contributed by atoms with Crippen molar-refractivity contribution in [2.24, 2.45) is 5.10 Å². The first-order valence-corrected chi connectivity index (χ1v) is 11.5. The normalized spacial score (nSPS) is 11.0. The van der Waals surface area contributed by atoms with Crippen LogP contribution in [0.4, 0.5) is 0 Å². The van der Waals surface area contributed by atoms with Crippen LogP contribution in [0.2, 0.25) is 5.02 Å². The van der Waals surface area contributed by atoms with E-state index in [0.29, 0.717) is 38.6 Å². The van der Waals surface area contributed by atoms with E-state index in [1.165, 1.54) is 4.68 Å². The molecule has 0 N–H and O–H groups in total. The Bertz CT molecular complexity index is 1690. The highest BCUT2D eigenvalue weighted by Gasteiger charge is 2.12. The van der Waals surface area contributed by atoms with Gasteiger partial charge in [0.1, 0.15) is 12.4 Å². The van der Waals surface area contributed by atoms with E-state index in [1.54, 1.807) is 42.6 Å². The molecule has 7 heteroatoms. The molecule has 0 aliphatic heterocycles. The smallest absolute Gasteiger partial charge is 0.282 e. The molecule has 0 aliphatic rings. The Labute approximate surface area is 212 Å². The fourth-order valence-electron chi connectivity index (χ4n) is 3.75. The van der Waals surface area contributed by atoms with Crippen LogP contribution < -0.4 is 10.3 Å². The Morgan fingerprint density at radius 2 is 1.72 bits per heavy atom. The van der Waals surface area contributed by atoms with Gasteiger partial charge in [-0.2, -0.15) is 15.0 Å². The molecule has 0 fully saturated rings. The van der Waals surface area contributed by atoms with E-state index in [-0.39, 0.29) is 12.2 Å². The lowest BCUT2D eigenvalue weighted by Crippen LogP contribution is -2.20. The maximum Gasteiger partial charge on any atom is 0.282 e. The zero-order valence-corrected chi connectivity index (χ0v) is 19.8. The molecule has 0 spiro atoms. The molecule has 1 heterocycles. The molecule has 0 amide bonds. The van der Waals surface area contributed by atoms with Crippen LogP contribution in [0.15, 0.2) is 107 Å². The fraction of sp³-hybridized carbons (Fsp3) is 0.0345. The Balaban J connectivity index is 1.46. The average Bonchev–Trinajstić information content (AvgIpc) is 2.92. The molecule has 1 aromatic heterocycles. The summed E-state index contributed by atoms with van der Waals surface area (Å²) >= 11 is 6.46. The first-order chi connectivity index (χ1) is 17.6. The van der Waals surface area contributed by atoms with Crippen LogP contribution in [-0.2, 0) is 6.61 Å². The molecular weight excluding hydrogens is 472 g/mol. The van der Waals surface area contributed by atoms with Gasteiger partial charge in [0.15, 0.2) is 5.82 Å². The quantitative estimate of drug-likeness (QED) is 0.271. The second-order valence-corrected chi connectivity index (χ2v) is 8.33. The Morgan fingerprint density at radius 1 is 0.972 bits per heavy atom. The van der Waals surface area contributed by atoms with E-state index in [4.69, 9.17) is 21.3 Å². The van der Waals surface area contributed by atoms with Crippen LogP contribution in [0.1, 0.15) is 16.7 Å². The van der Waals surface area contributed by atoms with E-state index in [1.807, 2.05) is 60.7 Å². The van der Waals surface area contributed by atoms with Gasteiger partial charge in [-0.1, -0.05) is 72.3 Å². The zero-order chi connectivity index (χ0) is 24.9. The van der Waals surface area contributed by atoms with E-state index in [0.717, 1.165) is 11.1 Å². The number of hydrogen-bond donors (Lipinski definition) is 0. The lowest BCUT2D eigenvalue weighted by atomic mass is 10.1. The number of rotatable bonds is 6. The fourth-order valence-corrected chi connectivity index (χ4v) is 4.00. The SMILES string of the molecule is N#Cc1ccccc1COc1ccc(C=Nn2c(-c3ccccc3)nc3ccccc3c2=O)cc1Cl. The number of aromatic nitrogens is 2. The molecular formula is C29H19ClN4O2. The van der Waals surface area contributed by atoms with Gasteiger partial charge in [0, 0.05) is 11.1 Å². The number of halogens is 1. The van der Waals surface area contributed by atoms with E-state index in [9.17, 15) is 10.1 Å². The molecule has 0 bridgehead atoms. The second kappa shape index (κ2) is 10.3. The molecule has 36 heavy (non-hydrogen) atoms. The summed E-state index contributed by atoms with van der Waals surface area (Å²) in [5, 5.41) is 14.6. The summed E-state index contributed by atoms with van der Waals surface area (Å²) in [7, 11) is 0. The predicted molar refractivity (Wildman–Crippen MR) is 141 cm³/mol. The molecule has 0 aliphatic carbocycles. The van der Waals surface area contributed by atoms with Crippen molar-refractivity contribution >= 4 is 28.7 Å². The highest BCUT2D eigenvalue weighted by molar-refractivity contribution is 6.32. The number of hydrogen-bond acceptors (Lipinski definition) is 5. The van der Waals surface area contributed by atoms with Gasteiger partial charge in [-0.25, -0.2) is 4.98 Å². The van der Waals surface area contributed by atoms with Crippen LogP contribution in [0, 0.1) is 11.3 Å². The minimum absolute atomic E-state index is 0.218. The summed E-state index contributed by atoms with van der Waals surface area (Å²) in [6, 6.07) is 31.3. The van der Waals surface area contributed by atoms with Crippen molar-refractivity contribution < 1.29 is 4.74 Å². The van der Waals surface area contributed by atoms with Crippen molar-refractivity contribution in [3.8, 4) is 23.2 Å². The first kappa shape index (κ1) is 23.0. The van der Waals surface area contributed by atoms with Gasteiger partial charge in [-0.15, -0.1) is 0 Å². The number of nitriles is 1. The Morgan fingerprint density at radius 3 is 2.53 bits per heavy atom. The van der Waals surface area contributed by atoms with E-state index >= 15 is 0 Å². The number of fused-ring (bicyclic) bond motifs is 1. The standard InChI is InChI=1S/C29H19ClN4O2/c30-25-16-20(14-15-27(25)36-19-23-11-5-4-10-22(23)17-31)18-32-34-28(21-8-2-1-3-9-21)33-26-13-7-6-12-24(26)29(34)35/h1-16,18H,19H2. The Hall–Kier alpha value is -4.73. The van der Waals surface area contributed by atoms with Crippen LogP contribution >= 0.6 is 11.6 Å². The van der Waals surface area contributed by atoms with E-state index < -0.39 is 0 Å². The van der Waals surface area contributed by atoms with Gasteiger partial charge in [-0.05, 0) is 42.0 Å². The highest BCUT2D eigenvalue weighted by atomic mass is 35.5. The summed E-state index contributed by atoms with van der Waals surface area (Å²) in [5.74, 6) is 0.925. The summed E-state index contributed by atoms with van der Waals surface area (Å²) in [6.45, 7) is 0.218. The largest absolute Gasteiger partial charge is 0.487 e. The summed E-state index contributed by atoms with van der Waals surface area (Å²) < 4.78 is 7.14. The molecule has 0 saturated heterocycles. The minimum atomic E-state index is -0.266. The molecule has 0 atom stereocenters. The van der Waals surface area contributed by atoms with Crippen LogP contribution in [-0.4, -0.2) is 15.9 Å². The van der Waals surface area contributed by atoms with Gasteiger partial charge < -0.3 is 4.74 Å². The first-order valence-electron chi connectivity index (χ1n) is 11.2. The zero-order valence-electron chi connectivity index (χ0n) is 19.0. The molecule has 6 nitrogen and oxygen atoms in total. The topological polar surface area (TPSA) is 80.3 Å². The molecule has 5 rings (SSSR count). The average molecular weight is 491 g/mol. The van der Waals surface area contributed by atoms with Crippen molar-refractivity contribution in [2.45, 2.75) is 6.61 Å². The monoisotopic (exact) mass is 490 g/mol. The van der Waals surface area contributed by atoms with E-state index in [2.05, 4.69) is 11.2 Å².